The molecular formula is C6H10O4Pb-2. The van der Waals surface area contributed by atoms with Gasteiger partial charge >= 0.3 is 0 Å². The molecule has 0 aromatic carbocycles. The van der Waals surface area contributed by atoms with Gasteiger partial charge in [-0.25, -0.2) is 0 Å². The first kappa shape index (κ1) is 17.1. The van der Waals surface area contributed by atoms with E-state index in [1.165, 1.54) is 13.8 Å². The monoisotopic (exact) mass is 354 g/mol. The summed E-state index contributed by atoms with van der Waals surface area (Å²) in [4.78, 5) is 18.5. The Bertz CT molecular complexity index is 99.1. The van der Waals surface area contributed by atoms with Crippen molar-refractivity contribution >= 4 is 39.2 Å². The van der Waals surface area contributed by atoms with Gasteiger partial charge in [0.25, 0.3) is 0 Å². The van der Waals surface area contributed by atoms with E-state index in [0.717, 1.165) is 0 Å². The molecule has 0 aliphatic heterocycles. The topological polar surface area (TPSA) is 80.3 Å². The Balaban J connectivity index is -0.000000107. The molecule has 0 aromatic rings. The largest absolute Gasteiger partial charge is 0.550 e. The number of carboxylic acid groups (broad SMARTS) is 2. The molecule has 0 heterocycles. The Morgan fingerprint density at radius 2 is 1.09 bits per heavy atom. The molecule has 0 amide bonds. The summed E-state index contributed by atoms with van der Waals surface area (Å²) in [5.74, 6) is -1.99. The van der Waals surface area contributed by atoms with E-state index in [-0.39, 0.29) is 40.1 Å². The maximum Gasteiger partial charge on any atom is 0.0411 e. The number of hydrogen-bond acceptors (Lipinski definition) is 4. The van der Waals surface area contributed by atoms with Gasteiger partial charge in [-0.15, -0.1) is 0 Å². The molecule has 0 fully saturated rings. The van der Waals surface area contributed by atoms with Crippen molar-refractivity contribution in [1.82, 2.24) is 0 Å². The molecule has 11 heavy (non-hydrogen) atoms. The molecule has 0 aliphatic rings. The molecule has 0 aliphatic carbocycles. The van der Waals surface area contributed by atoms with E-state index in [2.05, 4.69) is 0 Å². The average Bonchev–Trinajstić information content (AvgIpc) is 1.89. The third kappa shape index (κ3) is 40.9. The van der Waals surface area contributed by atoms with Crippen molar-refractivity contribution in [1.29, 1.82) is 0 Å². The second-order valence-electron chi connectivity index (χ2n) is 1.45. The second kappa shape index (κ2) is 12.5. The van der Waals surface area contributed by atoms with Crippen LogP contribution in [0, 0.1) is 0 Å². The molecule has 0 saturated heterocycles. The van der Waals surface area contributed by atoms with Crippen LogP contribution < -0.4 is 10.2 Å². The average molecular weight is 353 g/mol. The van der Waals surface area contributed by atoms with E-state index >= 15 is 0 Å². The number of hydrogen-bond donors (Lipinski definition) is 0. The SMILES string of the molecule is CCC(=O)[O-].CCC(=O)[O-].[Pb]. The van der Waals surface area contributed by atoms with E-state index in [9.17, 15) is 19.8 Å². The fourth-order valence-electron chi connectivity index (χ4n) is 0. The van der Waals surface area contributed by atoms with Gasteiger partial charge in [-0.05, 0) is 12.8 Å². The van der Waals surface area contributed by atoms with Crippen molar-refractivity contribution in [3.63, 3.8) is 0 Å². The van der Waals surface area contributed by atoms with Gasteiger partial charge in [0.1, 0.15) is 0 Å². The van der Waals surface area contributed by atoms with Crippen LogP contribution in [0.3, 0.4) is 0 Å². The van der Waals surface area contributed by atoms with Crippen molar-refractivity contribution in [2.24, 2.45) is 0 Å². The van der Waals surface area contributed by atoms with E-state index in [4.69, 9.17) is 0 Å². The van der Waals surface area contributed by atoms with Gasteiger partial charge in [-0.3, -0.25) is 0 Å². The molecule has 0 N–H and O–H groups in total. The maximum atomic E-state index is 9.26. The Hall–Kier alpha value is -0.138. The Morgan fingerprint density at radius 1 is 1.00 bits per heavy atom. The third-order valence-corrected chi connectivity index (χ3v) is 0.577. The molecule has 4 nitrogen and oxygen atoms in total. The van der Waals surface area contributed by atoms with Gasteiger partial charge in [-0.2, -0.15) is 0 Å². The van der Waals surface area contributed by atoms with Crippen LogP contribution in [0.2, 0.25) is 0 Å². The fraction of sp³-hybridized carbons (Fsp3) is 0.667. The van der Waals surface area contributed by atoms with Crippen LogP contribution in [0.15, 0.2) is 0 Å². The summed E-state index contributed by atoms with van der Waals surface area (Å²) in [6.45, 7) is 3.07. The molecule has 0 bridgehead atoms. The van der Waals surface area contributed by atoms with Gasteiger partial charge in [0.15, 0.2) is 0 Å². The molecule has 4 radical (unpaired) electrons. The number of carbonyl (C=O) groups excluding carboxylic acids is 2. The quantitative estimate of drug-likeness (QED) is 0.534. The molecule has 0 spiro atoms. The van der Waals surface area contributed by atoms with Crippen LogP contribution in [0.5, 0.6) is 0 Å². The summed E-state index contributed by atoms with van der Waals surface area (Å²) in [6, 6.07) is 0. The number of aliphatic carboxylic acids is 2. The van der Waals surface area contributed by atoms with Gasteiger partial charge in [0.05, 0.1) is 0 Å². The van der Waals surface area contributed by atoms with Crippen LogP contribution in [0.25, 0.3) is 0 Å². The molecule has 5 heteroatoms. The Morgan fingerprint density at radius 3 is 1.09 bits per heavy atom. The smallest absolute Gasteiger partial charge is 0.0411 e. The van der Waals surface area contributed by atoms with E-state index in [1.54, 1.807) is 0 Å². The van der Waals surface area contributed by atoms with Gasteiger partial charge < -0.3 is 19.8 Å². The standard InChI is InChI=1S/2C3H6O2.Pb/c2*1-2-3(4)5;/h2*2H2,1H3,(H,4,5);/p-2. The zero-order valence-electron chi connectivity index (χ0n) is 6.55. The molecule has 0 aromatic heterocycles. The van der Waals surface area contributed by atoms with E-state index in [1.807, 2.05) is 0 Å². The van der Waals surface area contributed by atoms with Crippen molar-refractivity contribution < 1.29 is 19.8 Å². The summed E-state index contributed by atoms with van der Waals surface area (Å²) in [5, 5.41) is 18.5. The number of rotatable bonds is 2. The van der Waals surface area contributed by atoms with Crippen molar-refractivity contribution in [3.8, 4) is 0 Å². The van der Waals surface area contributed by atoms with Crippen LogP contribution in [0.4, 0.5) is 0 Å². The van der Waals surface area contributed by atoms with Crippen LogP contribution in [-0.2, 0) is 9.59 Å². The first-order valence-corrected chi connectivity index (χ1v) is 2.94. The maximum absolute atomic E-state index is 9.26. The fourth-order valence-corrected chi connectivity index (χ4v) is 0. The third-order valence-electron chi connectivity index (χ3n) is 0.577. The first-order valence-electron chi connectivity index (χ1n) is 2.94. The summed E-state index contributed by atoms with van der Waals surface area (Å²) in [5.41, 5.74) is 0. The van der Waals surface area contributed by atoms with E-state index in [0.29, 0.717) is 0 Å². The zero-order valence-corrected chi connectivity index (χ0v) is 10.4. The molecule has 0 atom stereocenters. The van der Waals surface area contributed by atoms with Crippen LogP contribution >= 0.6 is 0 Å². The molecule has 0 saturated carbocycles. The summed E-state index contributed by atoms with van der Waals surface area (Å²) >= 11 is 0. The molecule has 0 rings (SSSR count). The van der Waals surface area contributed by atoms with Crippen LogP contribution in [0.1, 0.15) is 26.7 Å². The number of carboxylic acids is 2. The second-order valence-corrected chi connectivity index (χ2v) is 1.45. The molecular weight excluding hydrogens is 343 g/mol. The minimum atomic E-state index is -0.995. The molecule has 64 valence electrons. The predicted molar refractivity (Wildman–Crippen MR) is 36.4 cm³/mol. The minimum Gasteiger partial charge on any atom is -0.550 e. The van der Waals surface area contributed by atoms with Gasteiger partial charge in [-0.1, -0.05) is 13.8 Å². The number of carbonyl (C=O) groups is 2. The summed E-state index contributed by atoms with van der Waals surface area (Å²) in [7, 11) is 0. The van der Waals surface area contributed by atoms with Crippen molar-refractivity contribution in [2.75, 3.05) is 0 Å². The van der Waals surface area contributed by atoms with Gasteiger partial charge in [0, 0.05) is 39.2 Å². The Labute approximate surface area is 85.8 Å². The normalized spacial score (nSPS) is 6.73. The van der Waals surface area contributed by atoms with Gasteiger partial charge in [0.2, 0.25) is 0 Å². The molecule has 0 unspecified atom stereocenters. The zero-order chi connectivity index (χ0) is 8.57. The van der Waals surface area contributed by atoms with Crippen LogP contribution in [-0.4, -0.2) is 39.2 Å². The first-order chi connectivity index (χ1) is 4.54. The van der Waals surface area contributed by atoms with Crippen molar-refractivity contribution in [3.05, 3.63) is 0 Å². The Kier molecular flexibility index (Phi) is 19.5. The predicted octanol–water partition coefficient (Wildman–Crippen LogP) is -2.09. The van der Waals surface area contributed by atoms with E-state index < -0.39 is 11.9 Å². The summed E-state index contributed by atoms with van der Waals surface area (Å²) in [6.07, 6.45) is 0.222. The minimum absolute atomic E-state index is 0. The van der Waals surface area contributed by atoms with Crippen molar-refractivity contribution in [2.45, 2.75) is 26.7 Å². The summed E-state index contributed by atoms with van der Waals surface area (Å²) < 4.78 is 0.